The third kappa shape index (κ3) is 2.66. The van der Waals surface area contributed by atoms with Crippen molar-refractivity contribution in [3.05, 3.63) is 58.6 Å². The second-order valence-corrected chi connectivity index (χ2v) is 5.58. The largest absolute Gasteiger partial charge is 0.457 e. The number of halogens is 4. The van der Waals surface area contributed by atoms with Gasteiger partial charge >= 0.3 is 6.18 Å². The van der Waals surface area contributed by atoms with E-state index in [1.54, 1.807) is 37.3 Å². The average Bonchev–Trinajstić information content (AvgIpc) is 3.22. The molecule has 0 amide bonds. The molecule has 0 saturated carbocycles. The Bertz CT molecular complexity index is 692. The highest BCUT2D eigenvalue weighted by Gasteiger charge is 2.67. The number of hydrogen-bond acceptors (Lipinski definition) is 2. The lowest BCUT2D eigenvalue weighted by Crippen LogP contribution is -2.31. The van der Waals surface area contributed by atoms with E-state index in [-0.39, 0.29) is 12.2 Å². The van der Waals surface area contributed by atoms with Gasteiger partial charge in [0.25, 0.3) is 0 Å². The monoisotopic (exact) mass is 328 g/mol. The number of aryl methyl sites for hydroxylation is 1. The molecule has 3 rings (SSSR count). The summed E-state index contributed by atoms with van der Waals surface area (Å²) < 4.78 is 49.6. The molecule has 0 aliphatic carbocycles. The van der Waals surface area contributed by atoms with Crippen LogP contribution in [0.4, 0.5) is 13.2 Å². The summed E-state index contributed by atoms with van der Waals surface area (Å²) in [6, 6.07) is 11.2. The minimum absolute atomic E-state index is 0.128. The highest BCUT2D eigenvalue weighted by molar-refractivity contribution is 6.30. The molecule has 1 heterocycles. The summed E-state index contributed by atoms with van der Waals surface area (Å²) in [5, 5.41) is 0.580. The average molecular weight is 329 g/mol. The van der Waals surface area contributed by atoms with Crippen molar-refractivity contribution >= 4 is 11.6 Å². The molecule has 22 heavy (non-hydrogen) atoms. The van der Waals surface area contributed by atoms with Gasteiger partial charge in [-0.25, -0.2) is 0 Å². The van der Waals surface area contributed by atoms with Gasteiger partial charge in [-0.3, -0.25) is 0 Å². The van der Waals surface area contributed by atoms with E-state index >= 15 is 0 Å². The van der Waals surface area contributed by atoms with Gasteiger partial charge in [0.2, 0.25) is 5.60 Å². The van der Waals surface area contributed by atoms with Gasteiger partial charge in [0.1, 0.15) is 11.5 Å². The van der Waals surface area contributed by atoms with Crippen molar-refractivity contribution in [3.8, 4) is 11.5 Å². The highest BCUT2D eigenvalue weighted by Crippen LogP contribution is 2.52. The van der Waals surface area contributed by atoms with Crippen LogP contribution in [-0.4, -0.2) is 12.8 Å². The lowest BCUT2D eigenvalue weighted by Gasteiger charge is -2.19. The maximum Gasteiger partial charge on any atom is 0.424 e. The molecule has 1 atom stereocenters. The summed E-state index contributed by atoms with van der Waals surface area (Å²) >= 11 is 5.78. The number of benzene rings is 2. The summed E-state index contributed by atoms with van der Waals surface area (Å²) in [7, 11) is 0. The fraction of sp³-hybridized carbons (Fsp3) is 0.250. The Labute approximate surface area is 130 Å². The molecule has 1 saturated heterocycles. The van der Waals surface area contributed by atoms with Gasteiger partial charge in [0.15, 0.2) is 0 Å². The van der Waals surface area contributed by atoms with Gasteiger partial charge in [-0.1, -0.05) is 17.7 Å². The van der Waals surface area contributed by atoms with Crippen LogP contribution in [0.2, 0.25) is 5.02 Å². The van der Waals surface area contributed by atoms with Gasteiger partial charge in [0, 0.05) is 5.02 Å². The SMILES string of the molecule is Cc1cc(Oc2ccc(Cl)cc2)ccc1C1(C(F)(F)F)CO1. The van der Waals surface area contributed by atoms with Crippen molar-refractivity contribution in [2.45, 2.75) is 18.7 Å². The van der Waals surface area contributed by atoms with Crippen LogP contribution in [0, 0.1) is 6.92 Å². The normalized spacial score (nSPS) is 20.8. The van der Waals surface area contributed by atoms with Crippen LogP contribution in [0.25, 0.3) is 0 Å². The number of rotatable bonds is 3. The van der Waals surface area contributed by atoms with Gasteiger partial charge in [-0.2, -0.15) is 13.2 Å². The number of ether oxygens (including phenoxy) is 2. The molecule has 1 aliphatic heterocycles. The lowest BCUT2D eigenvalue weighted by molar-refractivity contribution is -0.187. The van der Waals surface area contributed by atoms with Gasteiger partial charge in [-0.05, 0) is 54.4 Å². The second kappa shape index (κ2) is 5.18. The third-order valence-corrected chi connectivity index (χ3v) is 3.83. The van der Waals surface area contributed by atoms with Crippen molar-refractivity contribution in [2.75, 3.05) is 6.61 Å². The molecule has 2 aromatic carbocycles. The van der Waals surface area contributed by atoms with Gasteiger partial charge in [0.05, 0.1) is 6.61 Å². The van der Waals surface area contributed by atoms with Crippen LogP contribution in [0.15, 0.2) is 42.5 Å². The molecule has 2 aromatic rings. The number of epoxide rings is 1. The Morgan fingerprint density at radius 1 is 1.09 bits per heavy atom. The molecule has 1 aliphatic rings. The molecule has 0 aromatic heterocycles. The van der Waals surface area contributed by atoms with E-state index in [9.17, 15) is 13.2 Å². The summed E-state index contributed by atoms with van der Waals surface area (Å²) in [5.74, 6) is 1.02. The molecule has 0 radical (unpaired) electrons. The Morgan fingerprint density at radius 2 is 1.68 bits per heavy atom. The molecule has 6 heteroatoms. The zero-order valence-corrected chi connectivity index (χ0v) is 12.3. The second-order valence-electron chi connectivity index (χ2n) is 5.15. The van der Waals surface area contributed by atoms with E-state index in [0.29, 0.717) is 22.1 Å². The quantitative estimate of drug-likeness (QED) is 0.720. The van der Waals surface area contributed by atoms with Crippen LogP contribution in [0.3, 0.4) is 0 Å². The summed E-state index contributed by atoms with van der Waals surface area (Å²) in [5.41, 5.74) is -1.56. The molecule has 0 spiro atoms. The van der Waals surface area contributed by atoms with Crippen molar-refractivity contribution in [1.82, 2.24) is 0 Å². The Balaban J connectivity index is 1.85. The number of alkyl halides is 3. The maximum atomic E-state index is 13.1. The zero-order chi connectivity index (χ0) is 16.0. The molecular formula is C16H12ClF3O2. The molecule has 2 nitrogen and oxygen atoms in total. The van der Waals surface area contributed by atoms with E-state index in [4.69, 9.17) is 21.1 Å². The highest BCUT2D eigenvalue weighted by atomic mass is 35.5. The van der Waals surface area contributed by atoms with Crippen LogP contribution in [-0.2, 0) is 10.3 Å². The smallest absolute Gasteiger partial charge is 0.424 e. The molecule has 0 N–H and O–H groups in total. The van der Waals surface area contributed by atoms with E-state index in [1.165, 1.54) is 12.1 Å². The molecule has 1 unspecified atom stereocenters. The molecular weight excluding hydrogens is 317 g/mol. The Hall–Kier alpha value is -1.72. The number of hydrogen-bond donors (Lipinski definition) is 0. The van der Waals surface area contributed by atoms with Gasteiger partial charge < -0.3 is 9.47 Å². The topological polar surface area (TPSA) is 21.8 Å². The van der Waals surface area contributed by atoms with Crippen molar-refractivity contribution in [1.29, 1.82) is 0 Å². The van der Waals surface area contributed by atoms with Crippen molar-refractivity contribution < 1.29 is 22.6 Å². The minimum atomic E-state index is -4.42. The predicted octanol–water partition coefficient (Wildman–Crippen LogP) is 5.23. The standard InChI is InChI=1S/C16H12ClF3O2/c1-10-8-13(22-12-4-2-11(17)3-5-12)6-7-14(10)15(9-21-15)16(18,19)20/h2-8H,9H2,1H3. The van der Waals surface area contributed by atoms with Crippen LogP contribution < -0.4 is 4.74 Å². The van der Waals surface area contributed by atoms with Crippen LogP contribution >= 0.6 is 11.6 Å². The summed E-state index contributed by atoms with van der Waals surface area (Å²) in [4.78, 5) is 0. The lowest BCUT2D eigenvalue weighted by atomic mass is 9.94. The van der Waals surface area contributed by atoms with Crippen LogP contribution in [0.5, 0.6) is 11.5 Å². The van der Waals surface area contributed by atoms with Crippen LogP contribution in [0.1, 0.15) is 11.1 Å². The first-order chi connectivity index (χ1) is 10.3. The van der Waals surface area contributed by atoms with E-state index in [1.807, 2.05) is 0 Å². The molecule has 1 fully saturated rings. The Morgan fingerprint density at radius 3 is 2.18 bits per heavy atom. The first-order valence-corrected chi connectivity index (χ1v) is 6.95. The van der Waals surface area contributed by atoms with Crippen molar-refractivity contribution in [2.24, 2.45) is 0 Å². The maximum absolute atomic E-state index is 13.1. The first kappa shape index (κ1) is 15.2. The summed E-state index contributed by atoms with van der Waals surface area (Å²) in [6.45, 7) is 1.27. The van der Waals surface area contributed by atoms with Crippen molar-refractivity contribution in [3.63, 3.8) is 0 Å². The zero-order valence-electron chi connectivity index (χ0n) is 11.6. The van der Waals surface area contributed by atoms with Gasteiger partial charge in [-0.15, -0.1) is 0 Å². The fourth-order valence-electron chi connectivity index (χ4n) is 2.34. The fourth-order valence-corrected chi connectivity index (χ4v) is 2.46. The predicted molar refractivity (Wildman–Crippen MR) is 76.4 cm³/mol. The summed E-state index contributed by atoms with van der Waals surface area (Å²) in [6.07, 6.45) is -4.42. The Kier molecular flexibility index (Phi) is 3.57. The van der Waals surface area contributed by atoms with E-state index < -0.39 is 11.8 Å². The van der Waals surface area contributed by atoms with E-state index in [2.05, 4.69) is 0 Å². The van der Waals surface area contributed by atoms with E-state index in [0.717, 1.165) is 0 Å². The molecule has 116 valence electrons. The first-order valence-electron chi connectivity index (χ1n) is 6.57. The minimum Gasteiger partial charge on any atom is -0.457 e. The third-order valence-electron chi connectivity index (χ3n) is 3.57. The molecule has 0 bridgehead atoms.